The van der Waals surface area contributed by atoms with Gasteiger partial charge in [-0.1, -0.05) is 6.08 Å². The van der Waals surface area contributed by atoms with Gasteiger partial charge in [-0.3, -0.25) is 0 Å². The third-order valence-corrected chi connectivity index (χ3v) is 1.88. The summed E-state index contributed by atoms with van der Waals surface area (Å²) in [6.45, 7) is 3.95. The van der Waals surface area contributed by atoms with Gasteiger partial charge in [-0.05, 0) is 6.42 Å². The van der Waals surface area contributed by atoms with E-state index in [-0.39, 0.29) is 12.2 Å². The zero-order valence-electron chi connectivity index (χ0n) is 7.03. The fourth-order valence-electron chi connectivity index (χ4n) is 1.26. The fourth-order valence-corrected chi connectivity index (χ4v) is 1.26. The Bertz CT molecular complexity index is 185. The van der Waals surface area contributed by atoms with Gasteiger partial charge >= 0.3 is 0 Å². The minimum atomic E-state index is 0.0497. The van der Waals surface area contributed by atoms with Crippen molar-refractivity contribution in [2.75, 3.05) is 6.79 Å². The molecule has 0 bridgehead atoms. The van der Waals surface area contributed by atoms with E-state index in [1.165, 1.54) is 0 Å². The third kappa shape index (κ3) is 2.65. The molecule has 12 heavy (non-hydrogen) atoms. The summed E-state index contributed by atoms with van der Waals surface area (Å²) in [4.78, 5) is 0. The maximum absolute atomic E-state index is 8.44. The Morgan fingerprint density at radius 3 is 2.92 bits per heavy atom. The smallest absolute Gasteiger partial charge is 0.147 e. The fraction of sp³-hybridized carbons (Fsp3) is 0.667. The number of nitriles is 1. The Kier molecular flexibility index (Phi) is 3.78. The first kappa shape index (κ1) is 9.24. The van der Waals surface area contributed by atoms with Crippen molar-refractivity contribution in [3.63, 3.8) is 0 Å². The minimum Gasteiger partial charge on any atom is -0.352 e. The van der Waals surface area contributed by atoms with Crippen molar-refractivity contribution < 1.29 is 9.47 Å². The Morgan fingerprint density at radius 2 is 2.25 bits per heavy atom. The van der Waals surface area contributed by atoms with Crippen LogP contribution in [0, 0.1) is 11.3 Å². The SMILES string of the molecule is C=CCC1CC(CC#N)OCO1. The minimum absolute atomic E-state index is 0.0497. The average Bonchev–Trinajstić information content (AvgIpc) is 2.06. The molecule has 0 aromatic rings. The highest BCUT2D eigenvalue weighted by Crippen LogP contribution is 2.18. The van der Waals surface area contributed by atoms with Crippen LogP contribution in [0.25, 0.3) is 0 Å². The molecule has 1 heterocycles. The monoisotopic (exact) mass is 167 g/mol. The molecule has 3 heteroatoms. The second-order valence-corrected chi connectivity index (χ2v) is 2.82. The first-order chi connectivity index (χ1) is 5.86. The van der Waals surface area contributed by atoms with Crippen LogP contribution in [0.15, 0.2) is 12.7 Å². The molecule has 0 radical (unpaired) electrons. The molecular weight excluding hydrogens is 154 g/mol. The molecule has 0 saturated carbocycles. The van der Waals surface area contributed by atoms with E-state index in [1.807, 2.05) is 6.08 Å². The van der Waals surface area contributed by atoms with Crippen molar-refractivity contribution >= 4 is 0 Å². The maximum atomic E-state index is 8.44. The molecule has 2 unspecified atom stereocenters. The van der Waals surface area contributed by atoms with Gasteiger partial charge in [0.05, 0.1) is 24.7 Å². The van der Waals surface area contributed by atoms with E-state index < -0.39 is 0 Å². The van der Waals surface area contributed by atoms with Crippen LogP contribution in [0.2, 0.25) is 0 Å². The van der Waals surface area contributed by atoms with Crippen molar-refractivity contribution in [2.45, 2.75) is 31.5 Å². The molecule has 66 valence electrons. The molecule has 1 saturated heterocycles. The number of rotatable bonds is 3. The third-order valence-electron chi connectivity index (χ3n) is 1.88. The Hall–Kier alpha value is -0.850. The predicted molar refractivity (Wildman–Crippen MR) is 44.3 cm³/mol. The lowest BCUT2D eigenvalue weighted by Gasteiger charge is -2.27. The molecule has 0 N–H and O–H groups in total. The lowest BCUT2D eigenvalue weighted by molar-refractivity contribution is -0.172. The van der Waals surface area contributed by atoms with E-state index in [0.29, 0.717) is 13.2 Å². The van der Waals surface area contributed by atoms with Gasteiger partial charge in [0, 0.05) is 6.42 Å². The second kappa shape index (κ2) is 4.91. The van der Waals surface area contributed by atoms with Gasteiger partial charge in [0.2, 0.25) is 0 Å². The number of nitrogens with zero attached hydrogens (tertiary/aromatic N) is 1. The summed E-state index contributed by atoms with van der Waals surface area (Å²) >= 11 is 0. The molecule has 1 aliphatic heterocycles. The molecule has 2 atom stereocenters. The first-order valence-corrected chi connectivity index (χ1v) is 4.08. The Labute approximate surface area is 72.6 Å². The van der Waals surface area contributed by atoms with Crippen LogP contribution >= 0.6 is 0 Å². The molecular formula is C9H13NO2. The summed E-state index contributed by atoms with van der Waals surface area (Å²) in [6, 6.07) is 2.09. The number of hydrogen-bond acceptors (Lipinski definition) is 3. The van der Waals surface area contributed by atoms with Crippen molar-refractivity contribution in [1.82, 2.24) is 0 Å². The standard InChI is InChI=1S/C9H13NO2/c1-2-3-8-6-9(4-5-10)12-7-11-8/h2,8-9H,1,3-4,6-7H2. The van der Waals surface area contributed by atoms with Gasteiger partial charge in [0.1, 0.15) is 6.79 Å². The van der Waals surface area contributed by atoms with E-state index >= 15 is 0 Å². The van der Waals surface area contributed by atoms with E-state index in [1.54, 1.807) is 0 Å². The van der Waals surface area contributed by atoms with Gasteiger partial charge in [-0.15, -0.1) is 6.58 Å². The largest absolute Gasteiger partial charge is 0.352 e. The molecule has 1 rings (SSSR count). The molecule has 0 aromatic carbocycles. The predicted octanol–water partition coefficient (Wildman–Crippen LogP) is 1.61. The Balaban J connectivity index is 2.30. The van der Waals surface area contributed by atoms with E-state index in [0.717, 1.165) is 12.8 Å². The highest BCUT2D eigenvalue weighted by Gasteiger charge is 2.21. The number of hydrogen-bond donors (Lipinski definition) is 0. The van der Waals surface area contributed by atoms with Crippen LogP contribution in [-0.2, 0) is 9.47 Å². The van der Waals surface area contributed by atoms with Gasteiger partial charge in [-0.2, -0.15) is 5.26 Å². The van der Waals surface area contributed by atoms with Crippen LogP contribution in [0.4, 0.5) is 0 Å². The zero-order valence-corrected chi connectivity index (χ0v) is 7.03. The Morgan fingerprint density at radius 1 is 1.50 bits per heavy atom. The summed E-state index contributed by atoms with van der Waals surface area (Å²) in [5.74, 6) is 0. The summed E-state index contributed by atoms with van der Waals surface area (Å²) in [7, 11) is 0. The second-order valence-electron chi connectivity index (χ2n) is 2.82. The molecule has 0 amide bonds. The lowest BCUT2D eigenvalue weighted by Crippen LogP contribution is -2.30. The first-order valence-electron chi connectivity index (χ1n) is 4.08. The molecule has 0 aliphatic carbocycles. The summed E-state index contributed by atoms with van der Waals surface area (Å²) < 4.78 is 10.5. The van der Waals surface area contributed by atoms with Gasteiger partial charge in [0.25, 0.3) is 0 Å². The van der Waals surface area contributed by atoms with Crippen molar-refractivity contribution in [2.24, 2.45) is 0 Å². The van der Waals surface area contributed by atoms with E-state index in [2.05, 4.69) is 12.6 Å². The van der Waals surface area contributed by atoms with E-state index in [4.69, 9.17) is 14.7 Å². The molecule has 1 fully saturated rings. The topological polar surface area (TPSA) is 42.2 Å². The lowest BCUT2D eigenvalue weighted by atomic mass is 10.1. The molecule has 0 aromatic heterocycles. The van der Waals surface area contributed by atoms with Crippen LogP contribution in [0.5, 0.6) is 0 Å². The van der Waals surface area contributed by atoms with Crippen molar-refractivity contribution in [3.05, 3.63) is 12.7 Å². The molecule has 0 spiro atoms. The van der Waals surface area contributed by atoms with Crippen LogP contribution in [0.1, 0.15) is 19.3 Å². The average molecular weight is 167 g/mol. The summed E-state index contributed by atoms with van der Waals surface area (Å²) in [5, 5.41) is 8.44. The molecule has 3 nitrogen and oxygen atoms in total. The van der Waals surface area contributed by atoms with Crippen LogP contribution < -0.4 is 0 Å². The highest BCUT2D eigenvalue weighted by atomic mass is 16.7. The highest BCUT2D eigenvalue weighted by molar-refractivity contribution is 4.83. The molecule has 1 aliphatic rings. The normalized spacial score (nSPS) is 29.2. The van der Waals surface area contributed by atoms with Gasteiger partial charge < -0.3 is 9.47 Å². The van der Waals surface area contributed by atoms with E-state index in [9.17, 15) is 0 Å². The van der Waals surface area contributed by atoms with Crippen molar-refractivity contribution in [1.29, 1.82) is 5.26 Å². The maximum Gasteiger partial charge on any atom is 0.147 e. The summed E-state index contributed by atoms with van der Waals surface area (Å²) in [5.41, 5.74) is 0. The summed E-state index contributed by atoms with van der Waals surface area (Å²) in [6.07, 6.45) is 4.17. The van der Waals surface area contributed by atoms with Gasteiger partial charge in [-0.25, -0.2) is 0 Å². The van der Waals surface area contributed by atoms with Gasteiger partial charge in [0.15, 0.2) is 0 Å². The zero-order chi connectivity index (χ0) is 8.81. The number of ether oxygens (including phenoxy) is 2. The van der Waals surface area contributed by atoms with Crippen LogP contribution in [0.3, 0.4) is 0 Å². The van der Waals surface area contributed by atoms with Crippen molar-refractivity contribution in [3.8, 4) is 6.07 Å². The quantitative estimate of drug-likeness (QED) is 0.599. The van der Waals surface area contributed by atoms with Crippen LogP contribution in [-0.4, -0.2) is 19.0 Å².